The van der Waals surface area contributed by atoms with E-state index in [1.54, 1.807) is 12.1 Å². The summed E-state index contributed by atoms with van der Waals surface area (Å²) in [6, 6.07) is 4.32. The Kier molecular flexibility index (Phi) is 3.80. The molecule has 2 aromatic rings. The molecule has 3 rings (SSSR count). The molecule has 1 atom stereocenters. The maximum absolute atomic E-state index is 12.5. The lowest BCUT2D eigenvalue weighted by Crippen LogP contribution is -2.39. The van der Waals surface area contributed by atoms with Crippen LogP contribution in [-0.2, 0) is 9.84 Å². The van der Waals surface area contributed by atoms with E-state index < -0.39 is 27.5 Å². The second-order valence-electron chi connectivity index (χ2n) is 5.44. The number of aromatic nitrogens is 2. The van der Waals surface area contributed by atoms with Crippen molar-refractivity contribution >= 4 is 15.7 Å². The zero-order valence-electron chi connectivity index (χ0n) is 12.4. The van der Waals surface area contributed by atoms with Crippen molar-refractivity contribution in [1.29, 1.82) is 0 Å². The molecule has 1 aliphatic heterocycles. The topological polar surface area (TPSA) is 113 Å². The number of carbonyl (C=O) groups is 1. The van der Waals surface area contributed by atoms with Crippen molar-refractivity contribution in [1.82, 2.24) is 14.9 Å². The van der Waals surface area contributed by atoms with Crippen LogP contribution in [0.2, 0.25) is 0 Å². The van der Waals surface area contributed by atoms with Crippen LogP contribution in [0.1, 0.15) is 16.9 Å². The van der Waals surface area contributed by atoms with E-state index in [0.717, 1.165) is 0 Å². The normalized spacial score (nSPS) is 19.6. The van der Waals surface area contributed by atoms with Crippen molar-refractivity contribution < 1.29 is 17.6 Å². The number of aromatic amines is 1. The fraction of sp³-hybridized carbons (Fsp3) is 0.357. The lowest BCUT2D eigenvalue weighted by molar-refractivity contribution is 0.0741. The van der Waals surface area contributed by atoms with Gasteiger partial charge in [-0.25, -0.2) is 13.2 Å². The molecular formula is C14H15N3O5S. The summed E-state index contributed by atoms with van der Waals surface area (Å²) in [5.41, 5.74) is -0.382. The van der Waals surface area contributed by atoms with Gasteiger partial charge in [-0.3, -0.25) is 4.79 Å². The van der Waals surface area contributed by atoms with Gasteiger partial charge < -0.3 is 14.3 Å². The number of hydrogen-bond acceptors (Lipinski definition) is 6. The fourth-order valence-corrected chi connectivity index (χ4v) is 4.33. The van der Waals surface area contributed by atoms with Crippen molar-refractivity contribution in [2.45, 2.75) is 12.5 Å². The lowest BCUT2D eigenvalue weighted by atomic mass is 10.2. The Morgan fingerprint density at radius 3 is 2.87 bits per heavy atom. The van der Waals surface area contributed by atoms with Crippen molar-refractivity contribution in [3.63, 3.8) is 0 Å². The van der Waals surface area contributed by atoms with Crippen LogP contribution in [0, 0.1) is 0 Å². The zero-order valence-corrected chi connectivity index (χ0v) is 13.2. The third-order valence-electron chi connectivity index (χ3n) is 3.83. The molecule has 1 amide bonds. The van der Waals surface area contributed by atoms with Crippen LogP contribution in [0.15, 0.2) is 33.7 Å². The molecule has 8 nitrogen and oxygen atoms in total. The highest BCUT2D eigenvalue weighted by Crippen LogP contribution is 2.20. The standard InChI is InChI=1S/C14H15N3O5S/c1-17(9-4-6-23(20,21)8-9)13(18)11-7-10(15-14(19)16-11)12-3-2-5-22-12/h2-3,5,7,9H,4,6,8H2,1H3,(H,15,16,19). The van der Waals surface area contributed by atoms with Gasteiger partial charge in [-0.2, -0.15) is 4.98 Å². The average Bonchev–Trinajstić information content (AvgIpc) is 3.14. The Balaban J connectivity index is 1.89. The van der Waals surface area contributed by atoms with Gasteiger partial charge in [-0.05, 0) is 24.6 Å². The number of H-pyrrole nitrogens is 1. The van der Waals surface area contributed by atoms with Gasteiger partial charge in [-0.15, -0.1) is 0 Å². The molecule has 0 aliphatic carbocycles. The molecule has 1 N–H and O–H groups in total. The van der Waals surface area contributed by atoms with E-state index in [2.05, 4.69) is 9.97 Å². The molecule has 0 radical (unpaired) electrons. The Bertz CT molecular complexity index is 885. The van der Waals surface area contributed by atoms with Gasteiger partial charge in [0.1, 0.15) is 11.5 Å². The van der Waals surface area contributed by atoms with Crippen LogP contribution in [0.3, 0.4) is 0 Å². The molecule has 23 heavy (non-hydrogen) atoms. The first-order valence-corrected chi connectivity index (χ1v) is 8.81. The molecule has 0 bridgehead atoms. The van der Waals surface area contributed by atoms with Gasteiger partial charge in [0.05, 0.1) is 23.5 Å². The predicted molar refractivity (Wildman–Crippen MR) is 81.7 cm³/mol. The maximum atomic E-state index is 12.5. The first-order valence-electron chi connectivity index (χ1n) is 6.98. The van der Waals surface area contributed by atoms with E-state index in [4.69, 9.17) is 4.42 Å². The SMILES string of the molecule is CN(C(=O)c1cc(-c2ccco2)[nH]c(=O)n1)C1CCS(=O)(=O)C1. The zero-order chi connectivity index (χ0) is 16.6. The number of amides is 1. The Labute approximate surface area is 132 Å². The van der Waals surface area contributed by atoms with Crippen LogP contribution in [0.25, 0.3) is 11.5 Å². The minimum Gasteiger partial charge on any atom is -0.463 e. The Morgan fingerprint density at radius 2 is 2.26 bits per heavy atom. The quantitative estimate of drug-likeness (QED) is 0.861. The van der Waals surface area contributed by atoms with Crippen molar-refractivity contribution in [2.75, 3.05) is 18.6 Å². The number of nitrogens with one attached hydrogen (secondary N) is 1. The molecule has 9 heteroatoms. The highest BCUT2D eigenvalue weighted by molar-refractivity contribution is 7.91. The van der Waals surface area contributed by atoms with Gasteiger partial charge in [0, 0.05) is 13.1 Å². The van der Waals surface area contributed by atoms with Crippen LogP contribution in [0.5, 0.6) is 0 Å². The number of hydrogen-bond donors (Lipinski definition) is 1. The smallest absolute Gasteiger partial charge is 0.346 e. The van der Waals surface area contributed by atoms with Gasteiger partial charge in [0.15, 0.2) is 9.84 Å². The minimum atomic E-state index is -3.11. The summed E-state index contributed by atoms with van der Waals surface area (Å²) in [5, 5.41) is 0. The van der Waals surface area contributed by atoms with Crippen LogP contribution < -0.4 is 5.69 Å². The summed E-state index contributed by atoms with van der Waals surface area (Å²) in [6.45, 7) is 0. The van der Waals surface area contributed by atoms with Gasteiger partial charge in [0.2, 0.25) is 0 Å². The van der Waals surface area contributed by atoms with E-state index in [1.165, 1.54) is 24.3 Å². The summed E-state index contributed by atoms with van der Waals surface area (Å²) in [7, 11) is -1.59. The molecule has 0 saturated carbocycles. The highest BCUT2D eigenvalue weighted by atomic mass is 32.2. The Hall–Kier alpha value is -2.42. The van der Waals surface area contributed by atoms with Gasteiger partial charge >= 0.3 is 5.69 Å². The maximum Gasteiger partial charge on any atom is 0.346 e. The summed E-state index contributed by atoms with van der Waals surface area (Å²) in [5.74, 6) is -0.0881. The average molecular weight is 337 g/mol. The van der Waals surface area contributed by atoms with E-state index >= 15 is 0 Å². The van der Waals surface area contributed by atoms with Gasteiger partial charge in [-0.1, -0.05) is 0 Å². The third kappa shape index (κ3) is 3.19. The number of sulfone groups is 1. The first kappa shape index (κ1) is 15.5. The van der Waals surface area contributed by atoms with Crippen LogP contribution in [0.4, 0.5) is 0 Å². The van der Waals surface area contributed by atoms with E-state index in [9.17, 15) is 18.0 Å². The van der Waals surface area contributed by atoms with Crippen LogP contribution >= 0.6 is 0 Å². The highest BCUT2D eigenvalue weighted by Gasteiger charge is 2.33. The van der Waals surface area contributed by atoms with Crippen molar-refractivity contribution in [2.24, 2.45) is 0 Å². The summed E-state index contributed by atoms with van der Waals surface area (Å²) in [6.07, 6.45) is 1.84. The second-order valence-corrected chi connectivity index (χ2v) is 7.66. The van der Waals surface area contributed by atoms with E-state index in [-0.39, 0.29) is 17.2 Å². The first-order chi connectivity index (χ1) is 10.9. The molecule has 0 spiro atoms. The minimum absolute atomic E-state index is 0.0491. The molecule has 1 unspecified atom stereocenters. The van der Waals surface area contributed by atoms with E-state index in [0.29, 0.717) is 17.9 Å². The number of furan rings is 1. The molecule has 0 aromatic carbocycles. The fourth-order valence-electron chi connectivity index (χ4n) is 2.56. The number of nitrogens with zero attached hydrogens (tertiary/aromatic N) is 2. The molecule has 2 aromatic heterocycles. The van der Waals surface area contributed by atoms with Crippen molar-refractivity contribution in [3.05, 3.63) is 40.6 Å². The largest absolute Gasteiger partial charge is 0.463 e. The molecule has 122 valence electrons. The summed E-state index contributed by atoms with van der Waals surface area (Å²) < 4.78 is 28.3. The molecule has 1 aliphatic rings. The summed E-state index contributed by atoms with van der Waals surface area (Å²) in [4.78, 5) is 31.7. The molecule has 3 heterocycles. The van der Waals surface area contributed by atoms with Crippen LogP contribution in [-0.4, -0.2) is 53.8 Å². The van der Waals surface area contributed by atoms with Gasteiger partial charge in [0.25, 0.3) is 5.91 Å². The molecule has 1 fully saturated rings. The summed E-state index contributed by atoms with van der Waals surface area (Å²) >= 11 is 0. The lowest BCUT2D eigenvalue weighted by Gasteiger charge is -2.22. The second kappa shape index (κ2) is 5.65. The number of carbonyl (C=O) groups excluding carboxylic acids is 1. The molecular weight excluding hydrogens is 322 g/mol. The van der Waals surface area contributed by atoms with Crippen molar-refractivity contribution in [3.8, 4) is 11.5 Å². The Morgan fingerprint density at radius 1 is 1.48 bits per heavy atom. The number of rotatable bonds is 3. The predicted octanol–water partition coefficient (Wildman–Crippen LogP) is 0.289. The monoisotopic (exact) mass is 337 g/mol. The third-order valence-corrected chi connectivity index (χ3v) is 5.58. The molecule has 1 saturated heterocycles. The van der Waals surface area contributed by atoms with E-state index in [1.807, 2.05) is 0 Å².